The first-order chi connectivity index (χ1) is 7.68. The first kappa shape index (κ1) is 11.6. The van der Waals surface area contributed by atoms with E-state index in [2.05, 4.69) is 0 Å². The van der Waals surface area contributed by atoms with Crippen LogP contribution in [0.3, 0.4) is 0 Å². The van der Waals surface area contributed by atoms with Crippen LogP contribution in [0.2, 0.25) is 0 Å². The largest absolute Gasteiger partial charge is 0.207 e. The maximum absolute atomic E-state index is 13.4. The van der Waals surface area contributed by atoms with Crippen molar-refractivity contribution in [2.24, 2.45) is 0 Å². The number of thiophene rings is 1. The summed E-state index contributed by atoms with van der Waals surface area (Å²) in [6.45, 7) is 2.03. The van der Waals surface area contributed by atoms with Crippen molar-refractivity contribution >= 4 is 22.9 Å². The minimum atomic E-state index is -0.178. The molecule has 0 bridgehead atoms. The van der Waals surface area contributed by atoms with Crippen molar-refractivity contribution in [2.45, 2.75) is 18.7 Å². The van der Waals surface area contributed by atoms with Crippen molar-refractivity contribution in [2.75, 3.05) is 0 Å². The van der Waals surface area contributed by atoms with E-state index in [1.165, 1.54) is 11.6 Å². The first-order valence-electron chi connectivity index (χ1n) is 5.10. The second-order valence-electron chi connectivity index (χ2n) is 3.73. The van der Waals surface area contributed by atoms with Gasteiger partial charge in [0, 0.05) is 4.88 Å². The van der Waals surface area contributed by atoms with Gasteiger partial charge < -0.3 is 0 Å². The topological polar surface area (TPSA) is 0 Å². The zero-order valence-corrected chi connectivity index (χ0v) is 10.5. The Balaban J connectivity index is 2.17. The SMILES string of the molecule is Cc1ccsc1C(Cl)Cc1ccccc1F. The smallest absolute Gasteiger partial charge is 0.126 e. The highest BCUT2D eigenvalue weighted by atomic mass is 35.5. The predicted octanol–water partition coefficient (Wildman–Crippen LogP) is 4.72. The summed E-state index contributed by atoms with van der Waals surface area (Å²) in [4.78, 5) is 1.13. The van der Waals surface area contributed by atoms with Gasteiger partial charge in [0.2, 0.25) is 0 Å². The molecule has 0 amide bonds. The van der Waals surface area contributed by atoms with Gasteiger partial charge in [-0.05, 0) is 42.0 Å². The van der Waals surface area contributed by atoms with E-state index in [9.17, 15) is 4.39 Å². The minimum absolute atomic E-state index is 0.142. The van der Waals surface area contributed by atoms with Gasteiger partial charge in [-0.3, -0.25) is 0 Å². The Morgan fingerprint density at radius 1 is 1.31 bits per heavy atom. The highest BCUT2D eigenvalue weighted by molar-refractivity contribution is 7.10. The van der Waals surface area contributed by atoms with Gasteiger partial charge in [0.1, 0.15) is 5.82 Å². The molecule has 2 aromatic rings. The summed E-state index contributed by atoms with van der Waals surface area (Å²) in [5, 5.41) is 1.87. The molecule has 1 aromatic heterocycles. The number of halogens is 2. The van der Waals surface area contributed by atoms with Gasteiger partial charge in [-0.2, -0.15) is 0 Å². The van der Waals surface area contributed by atoms with Crippen LogP contribution in [0.5, 0.6) is 0 Å². The molecule has 1 unspecified atom stereocenters. The van der Waals surface area contributed by atoms with Gasteiger partial charge in [0.05, 0.1) is 5.38 Å². The summed E-state index contributed by atoms with van der Waals surface area (Å²) in [7, 11) is 0. The van der Waals surface area contributed by atoms with Crippen LogP contribution >= 0.6 is 22.9 Å². The summed E-state index contributed by atoms with van der Waals surface area (Å²) in [5.41, 5.74) is 1.86. The van der Waals surface area contributed by atoms with Crippen LogP contribution in [0, 0.1) is 12.7 Å². The van der Waals surface area contributed by atoms with Crippen molar-refractivity contribution in [1.29, 1.82) is 0 Å². The number of benzene rings is 1. The van der Waals surface area contributed by atoms with E-state index in [1.807, 2.05) is 24.4 Å². The third-order valence-electron chi connectivity index (χ3n) is 2.54. The molecule has 0 aliphatic carbocycles. The predicted molar refractivity (Wildman–Crippen MR) is 67.8 cm³/mol. The number of hydrogen-bond acceptors (Lipinski definition) is 1. The lowest BCUT2D eigenvalue weighted by molar-refractivity contribution is 0.607. The summed E-state index contributed by atoms with van der Waals surface area (Å²) >= 11 is 7.93. The van der Waals surface area contributed by atoms with Gasteiger partial charge >= 0.3 is 0 Å². The fraction of sp³-hybridized carbons (Fsp3) is 0.231. The van der Waals surface area contributed by atoms with Crippen LogP contribution in [0.4, 0.5) is 4.39 Å². The summed E-state index contributed by atoms with van der Waals surface area (Å²) in [6.07, 6.45) is 0.537. The van der Waals surface area contributed by atoms with Crippen molar-refractivity contribution in [3.05, 3.63) is 57.5 Å². The lowest BCUT2D eigenvalue weighted by atomic mass is 10.1. The Morgan fingerprint density at radius 2 is 2.06 bits per heavy atom. The molecule has 0 saturated heterocycles. The van der Waals surface area contributed by atoms with Crippen LogP contribution in [0.15, 0.2) is 35.7 Å². The van der Waals surface area contributed by atoms with Gasteiger partial charge in [0.15, 0.2) is 0 Å². The molecule has 0 saturated carbocycles. The first-order valence-corrected chi connectivity index (χ1v) is 6.41. The van der Waals surface area contributed by atoms with E-state index in [0.29, 0.717) is 12.0 Å². The molecular weight excluding hydrogens is 243 g/mol. The summed E-state index contributed by atoms with van der Waals surface area (Å²) < 4.78 is 13.4. The van der Waals surface area contributed by atoms with E-state index in [4.69, 9.17) is 11.6 Å². The monoisotopic (exact) mass is 254 g/mol. The fourth-order valence-electron chi connectivity index (χ4n) is 1.66. The lowest BCUT2D eigenvalue weighted by Gasteiger charge is -2.09. The Hall–Kier alpha value is -0.860. The van der Waals surface area contributed by atoms with E-state index in [0.717, 1.165) is 4.88 Å². The van der Waals surface area contributed by atoms with Crippen LogP contribution in [-0.2, 0) is 6.42 Å². The van der Waals surface area contributed by atoms with Gasteiger partial charge in [-0.1, -0.05) is 18.2 Å². The zero-order valence-electron chi connectivity index (χ0n) is 8.91. The Labute approximate surface area is 104 Å². The third-order valence-corrected chi connectivity index (χ3v) is 4.18. The molecule has 3 heteroatoms. The molecule has 1 heterocycles. The van der Waals surface area contributed by atoms with E-state index in [1.54, 1.807) is 23.5 Å². The van der Waals surface area contributed by atoms with Gasteiger partial charge in [-0.15, -0.1) is 22.9 Å². The normalized spacial score (nSPS) is 12.7. The molecule has 84 valence electrons. The van der Waals surface area contributed by atoms with Crippen molar-refractivity contribution in [3.63, 3.8) is 0 Å². The van der Waals surface area contributed by atoms with E-state index < -0.39 is 0 Å². The zero-order chi connectivity index (χ0) is 11.5. The van der Waals surface area contributed by atoms with Crippen LogP contribution < -0.4 is 0 Å². The second-order valence-corrected chi connectivity index (χ2v) is 5.21. The van der Waals surface area contributed by atoms with Crippen LogP contribution in [0.1, 0.15) is 21.4 Å². The molecule has 2 rings (SSSR count). The van der Waals surface area contributed by atoms with Crippen molar-refractivity contribution in [3.8, 4) is 0 Å². The molecule has 0 spiro atoms. The molecule has 1 atom stereocenters. The quantitative estimate of drug-likeness (QED) is 0.696. The van der Waals surface area contributed by atoms with Gasteiger partial charge in [0.25, 0.3) is 0 Å². The minimum Gasteiger partial charge on any atom is -0.207 e. The molecule has 1 aromatic carbocycles. The highest BCUT2D eigenvalue weighted by Gasteiger charge is 2.14. The van der Waals surface area contributed by atoms with E-state index >= 15 is 0 Å². The Kier molecular flexibility index (Phi) is 3.62. The van der Waals surface area contributed by atoms with Crippen molar-refractivity contribution < 1.29 is 4.39 Å². The molecule has 0 N–H and O–H groups in total. The fourth-order valence-corrected chi connectivity index (χ4v) is 3.05. The number of rotatable bonds is 3. The maximum atomic E-state index is 13.4. The van der Waals surface area contributed by atoms with E-state index in [-0.39, 0.29) is 11.2 Å². The second kappa shape index (κ2) is 4.98. The summed E-state index contributed by atoms with van der Waals surface area (Å²) in [5.74, 6) is -0.178. The average molecular weight is 255 g/mol. The average Bonchev–Trinajstić information content (AvgIpc) is 2.68. The van der Waals surface area contributed by atoms with Crippen LogP contribution in [-0.4, -0.2) is 0 Å². The molecule has 0 fully saturated rings. The van der Waals surface area contributed by atoms with Crippen molar-refractivity contribution in [1.82, 2.24) is 0 Å². The maximum Gasteiger partial charge on any atom is 0.126 e. The number of hydrogen-bond donors (Lipinski definition) is 0. The molecular formula is C13H12ClFS. The molecule has 0 nitrogen and oxygen atoms in total. The number of alkyl halides is 1. The molecule has 0 radical (unpaired) electrons. The highest BCUT2D eigenvalue weighted by Crippen LogP contribution is 2.32. The third kappa shape index (κ3) is 2.45. The van der Waals surface area contributed by atoms with Gasteiger partial charge in [-0.25, -0.2) is 4.39 Å². The molecule has 16 heavy (non-hydrogen) atoms. The lowest BCUT2D eigenvalue weighted by Crippen LogP contribution is -1.97. The molecule has 0 aliphatic heterocycles. The standard InChI is InChI=1S/C13H12ClFS/c1-9-6-7-16-13(9)11(14)8-10-4-2-3-5-12(10)15/h2-7,11H,8H2,1H3. The Morgan fingerprint density at radius 3 is 2.69 bits per heavy atom. The summed E-state index contributed by atoms with van der Waals surface area (Å²) in [6, 6.07) is 8.83. The Bertz CT molecular complexity index is 478. The van der Waals surface area contributed by atoms with Crippen LogP contribution in [0.25, 0.3) is 0 Å². The number of aryl methyl sites for hydroxylation is 1. The molecule has 0 aliphatic rings.